The van der Waals surface area contributed by atoms with Crippen molar-refractivity contribution in [1.29, 1.82) is 0 Å². The molecular weight excluding hydrogens is 104 g/mol. The van der Waals surface area contributed by atoms with Gasteiger partial charge in [0.25, 0.3) is 0 Å². The molecule has 0 aromatic carbocycles. The molecule has 1 aliphatic heterocycles. The van der Waals surface area contributed by atoms with Gasteiger partial charge in [0.05, 0.1) is 6.21 Å². The summed E-state index contributed by atoms with van der Waals surface area (Å²) in [6, 6.07) is 0. The normalized spacial score (nSPS) is 22.8. The molecule has 0 aliphatic carbocycles. The van der Waals surface area contributed by atoms with Gasteiger partial charge in [-0.05, 0) is 13.8 Å². The van der Waals surface area contributed by atoms with Gasteiger partial charge in [0.15, 0.2) is 0 Å². The molecule has 0 radical (unpaired) electrons. The maximum atomic E-state index is 3.83. The monoisotopic (exact) mass is 112 g/mol. The van der Waals surface area contributed by atoms with Crippen molar-refractivity contribution < 1.29 is 0 Å². The lowest BCUT2D eigenvalue weighted by molar-refractivity contribution is 0.567. The Morgan fingerprint density at radius 2 is 2.25 bits per heavy atom. The van der Waals surface area contributed by atoms with Crippen LogP contribution in [0.5, 0.6) is 0 Å². The Labute approximate surface area is 47.7 Å². The molecule has 44 valence electrons. The number of nitrogens with one attached hydrogen (secondary N) is 1. The zero-order valence-corrected chi connectivity index (χ0v) is 4.92. The summed E-state index contributed by atoms with van der Waals surface area (Å²) >= 11 is 0. The summed E-state index contributed by atoms with van der Waals surface area (Å²) in [4.78, 5) is 0. The average molecular weight is 112 g/mol. The molecule has 0 saturated heterocycles. The van der Waals surface area contributed by atoms with Gasteiger partial charge >= 0.3 is 0 Å². The van der Waals surface area contributed by atoms with Gasteiger partial charge in [-0.2, -0.15) is 15.8 Å². The molecule has 1 aliphatic rings. The molecule has 0 amide bonds. The first-order valence-electron chi connectivity index (χ1n) is 2.42. The lowest BCUT2D eigenvalue weighted by Gasteiger charge is -2.12. The van der Waals surface area contributed by atoms with Gasteiger partial charge in [-0.25, -0.2) is 0 Å². The molecule has 0 aromatic rings. The first-order valence-corrected chi connectivity index (χ1v) is 2.42. The maximum absolute atomic E-state index is 3.83. The average Bonchev–Trinajstić information content (AvgIpc) is 1.65. The van der Waals surface area contributed by atoms with E-state index < -0.39 is 0 Å². The first kappa shape index (κ1) is 5.21. The number of rotatable bonds is 0. The third-order valence-electron chi connectivity index (χ3n) is 0.791. The van der Waals surface area contributed by atoms with Gasteiger partial charge in [0.1, 0.15) is 5.54 Å². The molecule has 0 bridgehead atoms. The van der Waals surface area contributed by atoms with Crippen LogP contribution < -0.4 is 5.53 Å². The summed E-state index contributed by atoms with van der Waals surface area (Å²) in [5.74, 6) is 0. The Kier molecular flexibility index (Phi) is 1.00. The number of hydrazone groups is 1. The van der Waals surface area contributed by atoms with Crippen LogP contribution in [0.2, 0.25) is 0 Å². The minimum absolute atomic E-state index is 0.217. The molecule has 1 heterocycles. The highest BCUT2D eigenvalue weighted by atomic mass is 15.6. The van der Waals surface area contributed by atoms with Crippen molar-refractivity contribution in [2.75, 3.05) is 0 Å². The van der Waals surface area contributed by atoms with Crippen molar-refractivity contribution in [2.24, 2.45) is 15.4 Å². The topological polar surface area (TPSA) is 49.1 Å². The van der Waals surface area contributed by atoms with E-state index in [-0.39, 0.29) is 5.54 Å². The highest BCUT2D eigenvalue weighted by Crippen LogP contribution is 2.06. The predicted octanol–water partition coefficient (Wildman–Crippen LogP) is 0.721. The fraction of sp³-hybridized carbons (Fsp3) is 0.750. The molecule has 0 atom stereocenters. The second-order valence-corrected chi connectivity index (χ2v) is 2.21. The molecule has 0 saturated carbocycles. The Hall–Kier alpha value is -0.930. The van der Waals surface area contributed by atoms with E-state index >= 15 is 0 Å². The van der Waals surface area contributed by atoms with E-state index in [1.54, 1.807) is 6.21 Å². The molecular formula is C4H8N4. The molecule has 0 spiro atoms. The highest BCUT2D eigenvalue weighted by Gasteiger charge is 2.14. The summed E-state index contributed by atoms with van der Waals surface area (Å²) in [6.07, 6.45) is 1.71. The van der Waals surface area contributed by atoms with Gasteiger partial charge in [-0.1, -0.05) is 5.22 Å². The van der Waals surface area contributed by atoms with Crippen molar-refractivity contribution in [1.82, 2.24) is 5.53 Å². The minimum atomic E-state index is -0.217. The van der Waals surface area contributed by atoms with Crippen molar-refractivity contribution in [2.45, 2.75) is 19.4 Å². The van der Waals surface area contributed by atoms with Crippen LogP contribution in [-0.2, 0) is 0 Å². The highest BCUT2D eigenvalue weighted by molar-refractivity contribution is 5.68. The van der Waals surface area contributed by atoms with Crippen molar-refractivity contribution in [3.8, 4) is 0 Å². The summed E-state index contributed by atoms with van der Waals surface area (Å²) in [5.41, 5.74) is 2.15. The third kappa shape index (κ3) is 1.02. The maximum Gasteiger partial charge on any atom is 0.115 e. The molecule has 1 N–H and O–H groups in total. The molecule has 0 aromatic heterocycles. The van der Waals surface area contributed by atoms with Crippen LogP contribution in [0.1, 0.15) is 13.8 Å². The summed E-state index contributed by atoms with van der Waals surface area (Å²) in [6.45, 7) is 3.86. The van der Waals surface area contributed by atoms with Crippen LogP contribution in [0.25, 0.3) is 0 Å². The second kappa shape index (κ2) is 1.54. The predicted molar refractivity (Wildman–Crippen MR) is 30.6 cm³/mol. The van der Waals surface area contributed by atoms with Gasteiger partial charge < -0.3 is 0 Å². The van der Waals surface area contributed by atoms with Crippen LogP contribution in [-0.4, -0.2) is 11.8 Å². The number of hydrogen-bond acceptors (Lipinski definition) is 4. The second-order valence-electron chi connectivity index (χ2n) is 2.21. The fourth-order valence-electron chi connectivity index (χ4n) is 0.390. The third-order valence-corrected chi connectivity index (χ3v) is 0.791. The molecule has 4 heteroatoms. The molecule has 8 heavy (non-hydrogen) atoms. The van der Waals surface area contributed by atoms with E-state index in [0.717, 1.165) is 0 Å². The van der Waals surface area contributed by atoms with E-state index in [2.05, 4.69) is 21.0 Å². The molecule has 0 fully saturated rings. The minimum Gasteiger partial charge on any atom is -0.180 e. The molecule has 4 nitrogen and oxygen atoms in total. The van der Waals surface area contributed by atoms with E-state index in [1.807, 2.05) is 13.8 Å². The zero-order chi connectivity index (χ0) is 6.04. The van der Waals surface area contributed by atoms with Crippen LogP contribution in [0.15, 0.2) is 15.4 Å². The zero-order valence-electron chi connectivity index (χ0n) is 4.92. The van der Waals surface area contributed by atoms with E-state index in [0.29, 0.717) is 0 Å². The van der Waals surface area contributed by atoms with E-state index in [1.165, 1.54) is 0 Å². The lowest BCUT2D eigenvalue weighted by atomic mass is 10.1. The van der Waals surface area contributed by atoms with Crippen molar-refractivity contribution >= 4 is 6.21 Å². The summed E-state index contributed by atoms with van der Waals surface area (Å²) in [5, 5.41) is 11.0. The summed E-state index contributed by atoms with van der Waals surface area (Å²) in [7, 11) is 0. The van der Waals surface area contributed by atoms with Gasteiger partial charge in [-0.3, -0.25) is 0 Å². The Morgan fingerprint density at radius 3 is 2.50 bits per heavy atom. The van der Waals surface area contributed by atoms with E-state index in [4.69, 9.17) is 0 Å². The van der Waals surface area contributed by atoms with Crippen LogP contribution in [0, 0.1) is 0 Å². The summed E-state index contributed by atoms with van der Waals surface area (Å²) < 4.78 is 0. The fourth-order valence-corrected chi connectivity index (χ4v) is 0.390. The first-order chi connectivity index (χ1) is 3.71. The van der Waals surface area contributed by atoms with Crippen molar-refractivity contribution in [3.63, 3.8) is 0 Å². The van der Waals surface area contributed by atoms with Crippen LogP contribution in [0.4, 0.5) is 0 Å². The van der Waals surface area contributed by atoms with Crippen molar-refractivity contribution in [3.05, 3.63) is 0 Å². The number of hydrogen-bond donors (Lipinski definition) is 1. The Bertz CT molecular complexity index is 121. The van der Waals surface area contributed by atoms with E-state index in [9.17, 15) is 0 Å². The largest absolute Gasteiger partial charge is 0.180 e. The Morgan fingerprint density at radius 1 is 1.50 bits per heavy atom. The van der Waals surface area contributed by atoms with Gasteiger partial charge in [0.2, 0.25) is 0 Å². The SMILES string of the molecule is CC1(C)C=NNN=N1. The quantitative estimate of drug-likeness (QED) is 0.493. The molecule has 1 rings (SSSR count). The van der Waals surface area contributed by atoms with Gasteiger partial charge in [-0.15, -0.1) is 0 Å². The molecule has 0 unspecified atom stereocenters. The lowest BCUT2D eigenvalue weighted by Crippen LogP contribution is -2.23. The smallest absolute Gasteiger partial charge is 0.115 e. The number of nitrogens with zero attached hydrogens (tertiary/aromatic N) is 3. The van der Waals surface area contributed by atoms with Crippen LogP contribution in [0.3, 0.4) is 0 Å². The standard InChI is InChI=1S/C4H8N4/c1-4(2)3-5-7-8-6-4/h3H,1-2H3,(H,6,7). The van der Waals surface area contributed by atoms with Crippen LogP contribution >= 0.6 is 0 Å². The van der Waals surface area contributed by atoms with Gasteiger partial charge in [0, 0.05) is 0 Å². The Balaban J connectivity index is 2.69.